The first kappa shape index (κ1) is 16.2. The van der Waals surface area contributed by atoms with Crippen molar-refractivity contribution < 1.29 is 4.79 Å². The van der Waals surface area contributed by atoms with E-state index < -0.39 is 5.91 Å². The fourth-order valence-corrected chi connectivity index (χ4v) is 2.63. The summed E-state index contributed by atoms with van der Waals surface area (Å²) in [5.41, 5.74) is 1.50. The van der Waals surface area contributed by atoms with Crippen LogP contribution in [0, 0.1) is 6.92 Å². The minimum Gasteiger partial charge on any atom is -0.288 e. The molecule has 10 heteroatoms. The number of carbonyl (C=O) groups excluding carboxylic acids is 1. The number of hydrogen-bond donors (Lipinski definition) is 1. The van der Waals surface area contributed by atoms with E-state index in [1.165, 1.54) is 9.20 Å². The molecule has 0 bridgehead atoms. The van der Waals surface area contributed by atoms with Crippen molar-refractivity contribution in [3.05, 3.63) is 53.1 Å². The van der Waals surface area contributed by atoms with Crippen molar-refractivity contribution in [1.29, 1.82) is 0 Å². The summed E-state index contributed by atoms with van der Waals surface area (Å²) < 4.78 is 2.95. The Bertz CT molecular complexity index is 1130. The lowest BCUT2D eigenvalue weighted by Crippen LogP contribution is -2.17. The van der Waals surface area contributed by atoms with E-state index >= 15 is 0 Å². The van der Waals surface area contributed by atoms with Gasteiger partial charge in [0.1, 0.15) is 0 Å². The predicted molar refractivity (Wildman–Crippen MR) is 94.9 cm³/mol. The number of halogens is 1. The minimum absolute atomic E-state index is 0.00547. The van der Waals surface area contributed by atoms with Crippen LogP contribution in [0.5, 0.6) is 0 Å². The van der Waals surface area contributed by atoms with Crippen molar-refractivity contribution in [3.8, 4) is 11.4 Å². The van der Waals surface area contributed by atoms with Crippen molar-refractivity contribution in [2.24, 2.45) is 7.05 Å². The Morgan fingerprint density at radius 3 is 2.73 bits per heavy atom. The van der Waals surface area contributed by atoms with E-state index in [1.807, 2.05) is 19.1 Å². The zero-order valence-electron chi connectivity index (χ0n) is 13.9. The predicted octanol–water partition coefficient (Wildman–Crippen LogP) is 2.13. The molecular weight excluding hydrogens is 356 g/mol. The standard InChI is InChI=1S/C16H13ClN8O/c1-9-7-8-18-15-20-13(23-25(9)15)14(26)21-16-19-12(22-24(16)2)10-5-3-4-6-11(10)17/h3-8H,1-2H3,(H,19,21,22,26). The van der Waals surface area contributed by atoms with Gasteiger partial charge < -0.3 is 0 Å². The Morgan fingerprint density at radius 2 is 1.96 bits per heavy atom. The number of rotatable bonds is 3. The summed E-state index contributed by atoms with van der Waals surface area (Å²) >= 11 is 6.18. The van der Waals surface area contributed by atoms with Crippen LogP contribution in [-0.4, -0.2) is 40.3 Å². The fraction of sp³-hybridized carbons (Fsp3) is 0.125. The summed E-state index contributed by atoms with van der Waals surface area (Å²) in [5.74, 6) is 0.511. The number of benzene rings is 1. The van der Waals surface area contributed by atoms with Gasteiger partial charge in [0, 0.05) is 24.5 Å². The highest BCUT2D eigenvalue weighted by atomic mass is 35.5. The number of anilines is 1. The Labute approximate surface area is 152 Å². The second-order valence-electron chi connectivity index (χ2n) is 5.55. The van der Waals surface area contributed by atoms with E-state index in [1.54, 1.807) is 31.4 Å². The first-order valence-corrected chi connectivity index (χ1v) is 8.06. The zero-order chi connectivity index (χ0) is 18.3. The Balaban J connectivity index is 1.63. The van der Waals surface area contributed by atoms with Gasteiger partial charge in [0.15, 0.2) is 5.82 Å². The van der Waals surface area contributed by atoms with Crippen LogP contribution in [0.15, 0.2) is 36.5 Å². The number of amides is 1. The number of fused-ring (bicyclic) bond motifs is 1. The van der Waals surface area contributed by atoms with Crippen LogP contribution in [0.25, 0.3) is 17.2 Å². The molecule has 0 aliphatic rings. The van der Waals surface area contributed by atoms with Crippen LogP contribution in [0.2, 0.25) is 5.02 Å². The van der Waals surface area contributed by atoms with Gasteiger partial charge in [-0.3, -0.25) is 10.1 Å². The van der Waals surface area contributed by atoms with Gasteiger partial charge >= 0.3 is 0 Å². The number of aryl methyl sites for hydroxylation is 2. The third-order valence-corrected chi connectivity index (χ3v) is 4.07. The molecule has 0 saturated heterocycles. The normalized spacial score (nSPS) is 11.0. The van der Waals surface area contributed by atoms with Crippen LogP contribution in [0.4, 0.5) is 5.95 Å². The number of nitrogens with zero attached hydrogens (tertiary/aromatic N) is 7. The highest BCUT2D eigenvalue weighted by Gasteiger charge is 2.18. The van der Waals surface area contributed by atoms with Crippen LogP contribution >= 0.6 is 11.6 Å². The van der Waals surface area contributed by atoms with Crippen LogP contribution < -0.4 is 5.32 Å². The third-order valence-electron chi connectivity index (χ3n) is 3.74. The first-order valence-electron chi connectivity index (χ1n) is 7.68. The van der Waals surface area contributed by atoms with Crippen LogP contribution in [0.3, 0.4) is 0 Å². The molecular formula is C16H13ClN8O. The van der Waals surface area contributed by atoms with Gasteiger partial charge in [0.2, 0.25) is 11.8 Å². The monoisotopic (exact) mass is 368 g/mol. The second-order valence-corrected chi connectivity index (χ2v) is 5.96. The van der Waals surface area contributed by atoms with E-state index in [2.05, 4.69) is 30.5 Å². The van der Waals surface area contributed by atoms with Crippen molar-refractivity contribution in [2.75, 3.05) is 5.32 Å². The molecule has 1 amide bonds. The number of nitrogens with one attached hydrogen (secondary N) is 1. The molecule has 1 aromatic carbocycles. The van der Waals surface area contributed by atoms with E-state index in [0.29, 0.717) is 22.2 Å². The number of hydrogen-bond acceptors (Lipinski definition) is 6. The SMILES string of the molecule is Cc1ccnc2nc(C(=O)Nc3nc(-c4ccccc4Cl)nn3C)nn12. The van der Waals surface area contributed by atoms with Gasteiger partial charge in [0.05, 0.1) is 5.02 Å². The molecule has 3 aromatic heterocycles. The van der Waals surface area contributed by atoms with Crippen molar-refractivity contribution in [2.45, 2.75) is 6.92 Å². The van der Waals surface area contributed by atoms with Crippen molar-refractivity contribution in [3.63, 3.8) is 0 Å². The topological polar surface area (TPSA) is 103 Å². The van der Waals surface area contributed by atoms with E-state index in [4.69, 9.17) is 11.6 Å². The van der Waals surface area contributed by atoms with Gasteiger partial charge in [-0.1, -0.05) is 23.7 Å². The van der Waals surface area contributed by atoms with Gasteiger partial charge in [-0.15, -0.1) is 10.2 Å². The molecule has 0 spiro atoms. The molecule has 0 fully saturated rings. The summed E-state index contributed by atoms with van der Waals surface area (Å²) in [7, 11) is 1.67. The largest absolute Gasteiger partial charge is 0.297 e. The number of aromatic nitrogens is 7. The van der Waals surface area contributed by atoms with E-state index in [0.717, 1.165) is 5.69 Å². The fourth-order valence-electron chi connectivity index (χ4n) is 2.41. The Kier molecular flexibility index (Phi) is 3.85. The summed E-state index contributed by atoms with van der Waals surface area (Å²) in [6.07, 6.45) is 1.61. The second kappa shape index (κ2) is 6.19. The maximum absolute atomic E-state index is 12.5. The molecule has 26 heavy (non-hydrogen) atoms. The lowest BCUT2D eigenvalue weighted by molar-refractivity contribution is 0.101. The van der Waals surface area contributed by atoms with E-state index in [9.17, 15) is 4.79 Å². The third kappa shape index (κ3) is 2.78. The van der Waals surface area contributed by atoms with Crippen LogP contribution in [-0.2, 0) is 7.05 Å². The Hall–Kier alpha value is -3.33. The number of carbonyl (C=O) groups is 1. The average molecular weight is 369 g/mol. The average Bonchev–Trinajstić information content (AvgIpc) is 3.20. The summed E-state index contributed by atoms with van der Waals surface area (Å²) in [4.78, 5) is 25.0. The van der Waals surface area contributed by atoms with Crippen LogP contribution in [0.1, 0.15) is 16.3 Å². The summed E-state index contributed by atoms with van der Waals surface area (Å²) in [6, 6.07) is 9.00. The quantitative estimate of drug-likeness (QED) is 0.594. The first-order chi connectivity index (χ1) is 12.5. The van der Waals surface area contributed by atoms with Crippen molar-refractivity contribution >= 4 is 29.2 Å². The summed E-state index contributed by atoms with van der Waals surface area (Å²) in [5, 5.41) is 11.6. The zero-order valence-corrected chi connectivity index (χ0v) is 14.6. The molecule has 1 N–H and O–H groups in total. The lowest BCUT2D eigenvalue weighted by Gasteiger charge is -1.99. The van der Waals surface area contributed by atoms with Gasteiger partial charge in [-0.25, -0.2) is 14.2 Å². The molecule has 4 rings (SSSR count). The molecule has 0 radical (unpaired) electrons. The van der Waals surface area contributed by atoms with Crippen molar-refractivity contribution in [1.82, 2.24) is 34.3 Å². The maximum Gasteiger partial charge on any atom is 0.297 e. The molecule has 0 aliphatic carbocycles. The Morgan fingerprint density at radius 1 is 1.15 bits per heavy atom. The maximum atomic E-state index is 12.5. The highest BCUT2D eigenvalue weighted by Crippen LogP contribution is 2.25. The summed E-state index contributed by atoms with van der Waals surface area (Å²) in [6.45, 7) is 1.85. The van der Waals surface area contributed by atoms with Gasteiger partial charge in [-0.05, 0) is 25.1 Å². The lowest BCUT2D eigenvalue weighted by atomic mass is 10.2. The molecule has 3 heterocycles. The molecule has 0 atom stereocenters. The smallest absolute Gasteiger partial charge is 0.288 e. The molecule has 9 nitrogen and oxygen atoms in total. The molecule has 0 saturated carbocycles. The molecule has 0 unspecified atom stereocenters. The molecule has 0 aliphatic heterocycles. The van der Waals surface area contributed by atoms with E-state index in [-0.39, 0.29) is 11.8 Å². The highest BCUT2D eigenvalue weighted by molar-refractivity contribution is 6.33. The van der Waals surface area contributed by atoms with Gasteiger partial charge in [-0.2, -0.15) is 9.97 Å². The van der Waals surface area contributed by atoms with Gasteiger partial charge in [0.25, 0.3) is 11.7 Å². The molecule has 130 valence electrons. The molecule has 4 aromatic rings. The minimum atomic E-state index is -0.504.